The molecular weight excluding hydrogens is 458 g/mol. The largest absolute Gasteiger partial charge is 0.350 e. The maximum absolute atomic E-state index is 13.5. The highest BCUT2D eigenvalue weighted by Gasteiger charge is 2.28. The fourth-order valence-corrected chi connectivity index (χ4v) is 5.81. The number of para-hydroxylation sites is 1. The summed E-state index contributed by atoms with van der Waals surface area (Å²) in [5.41, 5.74) is 4.49. The van der Waals surface area contributed by atoms with Crippen molar-refractivity contribution in [1.82, 2.24) is 10.2 Å². The number of anilines is 1. The van der Waals surface area contributed by atoms with Crippen molar-refractivity contribution >= 4 is 21.6 Å². The van der Waals surface area contributed by atoms with E-state index in [1.807, 2.05) is 38.1 Å². The molecule has 1 N–H and O–H groups in total. The van der Waals surface area contributed by atoms with E-state index in [1.54, 1.807) is 36.4 Å². The molecule has 3 aromatic carbocycles. The number of sulfonamides is 1. The minimum Gasteiger partial charge on any atom is -0.350 e. The molecule has 1 heterocycles. The third kappa shape index (κ3) is 6.29. The molecule has 6 nitrogen and oxygen atoms in total. The highest BCUT2D eigenvalue weighted by Crippen LogP contribution is 2.26. The zero-order valence-corrected chi connectivity index (χ0v) is 21.2. The molecule has 0 atom stereocenters. The maximum Gasteiger partial charge on any atom is 0.264 e. The minimum atomic E-state index is -3.92. The highest BCUT2D eigenvalue weighted by molar-refractivity contribution is 7.92. The summed E-state index contributed by atoms with van der Waals surface area (Å²) in [4.78, 5) is 15.5. The van der Waals surface area contributed by atoms with Crippen molar-refractivity contribution in [1.29, 1.82) is 0 Å². The minimum absolute atomic E-state index is 0.160. The summed E-state index contributed by atoms with van der Waals surface area (Å²) < 4.78 is 28.3. The monoisotopic (exact) mass is 491 g/mol. The van der Waals surface area contributed by atoms with E-state index >= 15 is 0 Å². The number of amides is 1. The van der Waals surface area contributed by atoms with Crippen LogP contribution in [-0.4, -0.2) is 38.9 Å². The van der Waals surface area contributed by atoms with E-state index < -0.39 is 10.0 Å². The number of benzene rings is 3. The van der Waals surface area contributed by atoms with Crippen LogP contribution in [0.1, 0.15) is 35.1 Å². The fraction of sp³-hybridized carbons (Fsp3) is 0.321. The van der Waals surface area contributed by atoms with Gasteiger partial charge in [0.25, 0.3) is 10.0 Å². The Kier molecular flexibility index (Phi) is 7.88. The number of aryl methyl sites for hydroxylation is 2. The van der Waals surface area contributed by atoms with Gasteiger partial charge in [-0.3, -0.25) is 14.0 Å². The molecule has 0 bridgehead atoms. The zero-order chi connectivity index (χ0) is 24.8. The lowest BCUT2D eigenvalue weighted by Crippen LogP contribution is -2.41. The first-order valence-electron chi connectivity index (χ1n) is 12.0. The molecule has 0 aromatic heterocycles. The van der Waals surface area contributed by atoms with Crippen LogP contribution in [0.5, 0.6) is 0 Å². The Morgan fingerprint density at radius 1 is 0.886 bits per heavy atom. The Labute approximate surface area is 208 Å². The van der Waals surface area contributed by atoms with E-state index in [1.165, 1.54) is 22.7 Å². The molecule has 35 heavy (non-hydrogen) atoms. The third-order valence-corrected chi connectivity index (χ3v) is 8.17. The van der Waals surface area contributed by atoms with Crippen LogP contribution < -0.4 is 9.62 Å². The molecule has 0 aliphatic carbocycles. The van der Waals surface area contributed by atoms with Crippen LogP contribution in [0.4, 0.5) is 5.69 Å². The van der Waals surface area contributed by atoms with E-state index in [-0.39, 0.29) is 17.3 Å². The number of carbonyl (C=O) groups is 1. The standard InChI is InChI=1S/C28H33N3O3S/c1-22-9-15-26(16-10-22)35(33,34)31(27-8-4-3-7-23(27)2)21-28(32)29-19-24-11-13-25(14-12-24)20-30-17-5-6-18-30/h3-4,7-16H,5-6,17-21H2,1-2H3,(H,29,32). The number of hydrogen-bond donors (Lipinski definition) is 1. The number of nitrogens with one attached hydrogen (secondary N) is 1. The number of nitrogens with zero attached hydrogens (tertiary/aromatic N) is 2. The van der Waals surface area contributed by atoms with Gasteiger partial charge in [-0.05, 0) is 74.7 Å². The third-order valence-electron chi connectivity index (χ3n) is 6.40. The number of carbonyl (C=O) groups excluding carboxylic acids is 1. The molecule has 1 aliphatic heterocycles. The van der Waals surface area contributed by atoms with Crippen LogP contribution in [0.25, 0.3) is 0 Å². The van der Waals surface area contributed by atoms with Crippen molar-refractivity contribution in [2.45, 2.75) is 44.7 Å². The quantitative estimate of drug-likeness (QED) is 0.481. The normalized spacial score (nSPS) is 14.1. The van der Waals surface area contributed by atoms with Crippen LogP contribution in [0.2, 0.25) is 0 Å². The summed E-state index contributed by atoms with van der Waals surface area (Å²) in [6.45, 7) is 7.05. The second kappa shape index (κ2) is 11.1. The Balaban J connectivity index is 1.45. The average Bonchev–Trinajstić information content (AvgIpc) is 3.36. The molecule has 1 amide bonds. The topological polar surface area (TPSA) is 69.7 Å². The van der Waals surface area contributed by atoms with Crippen LogP contribution in [0, 0.1) is 13.8 Å². The summed E-state index contributed by atoms with van der Waals surface area (Å²) in [7, 11) is -3.92. The van der Waals surface area contributed by atoms with Crippen molar-refractivity contribution in [3.05, 3.63) is 95.1 Å². The van der Waals surface area contributed by atoms with Gasteiger partial charge in [0.05, 0.1) is 10.6 Å². The molecule has 184 valence electrons. The lowest BCUT2D eigenvalue weighted by molar-refractivity contribution is -0.119. The van der Waals surface area contributed by atoms with Gasteiger partial charge in [-0.25, -0.2) is 8.42 Å². The van der Waals surface area contributed by atoms with Crippen LogP contribution in [-0.2, 0) is 27.9 Å². The molecule has 0 saturated carbocycles. The van der Waals surface area contributed by atoms with Crippen LogP contribution in [0.15, 0.2) is 77.7 Å². The lowest BCUT2D eigenvalue weighted by atomic mass is 10.1. The van der Waals surface area contributed by atoms with Crippen LogP contribution in [0.3, 0.4) is 0 Å². The summed E-state index contributed by atoms with van der Waals surface area (Å²) in [5.74, 6) is -0.356. The van der Waals surface area contributed by atoms with Crippen molar-refractivity contribution < 1.29 is 13.2 Å². The molecule has 4 rings (SSSR count). The second-order valence-electron chi connectivity index (χ2n) is 9.19. The van der Waals surface area contributed by atoms with Crippen molar-refractivity contribution in [3.8, 4) is 0 Å². The van der Waals surface area contributed by atoms with Gasteiger partial charge in [0.2, 0.25) is 5.91 Å². The fourth-order valence-electron chi connectivity index (χ4n) is 4.33. The molecule has 7 heteroatoms. The first-order valence-corrected chi connectivity index (χ1v) is 13.5. The Bertz CT molecular complexity index is 1250. The van der Waals surface area contributed by atoms with E-state index in [0.717, 1.165) is 36.3 Å². The highest BCUT2D eigenvalue weighted by atomic mass is 32.2. The van der Waals surface area contributed by atoms with E-state index in [4.69, 9.17) is 0 Å². The summed E-state index contributed by atoms with van der Waals surface area (Å²) in [5, 5.41) is 2.89. The number of rotatable bonds is 9. The molecular formula is C28H33N3O3S. The second-order valence-corrected chi connectivity index (χ2v) is 11.1. The maximum atomic E-state index is 13.5. The summed E-state index contributed by atoms with van der Waals surface area (Å²) in [6.07, 6.45) is 2.53. The van der Waals surface area contributed by atoms with Gasteiger partial charge in [-0.1, -0.05) is 60.2 Å². The molecule has 3 aromatic rings. The Hall–Kier alpha value is -3.16. The van der Waals surface area contributed by atoms with E-state index in [9.17, 15) is 13.2 Å². The number of likely N-dealkylation sites (tertiary alicyclic amines) is 1. The Morgan fingerprint density at radius 2 is 1.51 bits per heavy atom. The lowest BCUT2D eigenvalue weighted by Gasteiger charge is -2.25. The Morgan fingerprint density at radius 3 is 2.17 bits per heavy atom. The first-order chi connectivity index (χ1) is 16.8. The predicted molar refractivity (Wildman–Crippen MR) is 140 cm³/mol. The SMILES string of the molecule is Cc1ccc(S(=O)(=O)N(CC(=O)NCc2ccc(CN3CCCC3)cc2)c2ccccc2C)cc1. The van der Waals surface area contributed by atoms with Crippen molar-refractivity contribution in [2.75, 3.05) is 23.9 Å². The van der Waals surface area contributed by atoms with Crippen molar-refractivity contribution in [2.24, 2.45) is 0 Å². The number of hydrogen-bond acceptors (Lipinski definition) is 4. The van der Waals surface area contributed by atoms with E-state index in [0.29, 0.717) is 12.2 Å². The average molecular weight is 492 g/mol. The van der Waals surface area contributed by atoms with Gasteiger partial charge in [0, 0.05) is 13.1 Å². The van der Waals surface area contributed by atoms with Gasteiger partial charge in [-0.15, -0.1) is 0 Å². The van der Waals surface area contributed by atoms with Crippen LogP contribution >= 0.6 is 0 Å². The summed E-state index contributed by atoms with van der Waals surface area (Å²) >= 11 is 0. The summed E-state index contributed by atoms with van der Waals surface area (Å²) in [6, 6.07) is 22.1. The molecule has 0 unspecified atom stereocenters. The van der Waals surface area contributed by atoms with Gasteiger partial charge < -0.3 is 5.32 Å². The van der Waals surface area contributed by atoms with Crippen molar-refractivity contribution in [3.63, 3.8) is 0 Å². The van der Waals surface area contributed by atoms with Gasteiger partial charge in [0.1, 0.15) is 6.54 Å². The van der Waals surface area contributed by atoms with E-state index in [2.05, 4.69) is 22.3 Å². The molecule has 1 saturated heterocycles. The first kappa shape index (κ1) is 24.9. The van der Waals surface area contributed by atoms with Gasteiger partial charge >= 0.3 is 0 Å². The van der Waals surface area contributed by atoms with Gasteiger partial charge in [0.15, 0.2) is 0 Å². The smallest absolute Gasteiger partial charge is 0.264 e. The molecule has 1 aliphatic rings. The van der Waals surface area contributed by atoms with Gasteiger partial charge in [-0.2, -0.15) is 0 Å². The molecule has 1 fully saturated rings. The molecule has 0 radical (unpaired) electrons. The molecule has 0 spiro atoms. The predicted octanol–water partition coefficient (Wildman–Crippen LogP) is 4.41. The zero-order valence-electron chi connectivity index (χ0n) is 20.4.